The number of anilines is 1. The van der Waals surface area contributed by atoms with Gasteiger partial charge < -0.3 is 5.32 Å². The first-order valence-electron chi connectivity index (χ1n) is 9.79. The van der Waals surface area contributed by atoms with Crippen LogP contribution in [0, 0.1) is 0 Å². The number of carbonyl (C=O) groups is 1. The predicted octanol–water partition coefficient (Wildman–Crippen LogP) is 2.97. The highest BCUT2D eigenvalue weighted by Crippen LogP contribution is 2.32. The molecule has 160 valence electrons. The summed E-state index contributed by atoms with van der Waals surface area (Å²) in [5.41, 5.74) is 2.06. The van der Waals surface area contributed by atoms with Gasteiger partial charge in [-0.3, -0.25) is 23.3 Å². The van der Waals surface area contributed by atoms with Crippen molar-refractivity contribution in [1.82, 2.24) is 18.7 Å². The van der Waals surface area contributed by atoms with Gasteiger partial charge in [0.2, 0.25) is 11.2 Å². The van der Waals surface area contributed by atoms with Gasteiger partial charge >= 0.3 is 5.69 Å². The molecule has 2 aromatic heterocycles. The number of fused-ring (bicyclic) bond motifs is 1. The number of benzene rings is 1. The van der Waals surface area contributed by atoms with E-state index < -0.39 is 11.2 Å². The van der Waals surface area contributed by atoms with Crippen LogP contribution in [0.1, 0.15) is 50.7 Å². The molecule has 0 radical (unpaired) electrons. The predicted molar refractivity (Wildman–Crippen MR) is 118 cm³/mol. The van der Waals surface area contributed by atoms with Crippen molar-refractivity contribution in [3.63, 3.8) is 0 Å². The quantitative estimate of drug-likeness (QED) is 0.629. The second kappa shape index (κ2) is 8.10. The molecule has 0 aliphatic rings. The Labute approximate surface area is 179 Å². The Morgan fingerprint density at radius 2 is 1.63 bits per heavy atom. The Morgan fingerprint density at radius 3 is 2.17 bits per heavy atom. The van der Waals surface area contributed by atoms with E-state index in [2.05, 4.69) is 38.0 Å². The monoisotopic (exact) mass is 431 g/mol. The van der Waals surface area contributed by atoms with Crippen LogP contribution in [0.4, 0.5) is 5.69 Å². The number of carbonyl (C=O) groups excluding carboxylic acids is 1. The number of nitrogens with one attached hydrogen (secondary N) is 1. The average molecular weight is 432 g/mol. The standard InChI is InChI=1S/C21H26ClN5O3/c1-11(2)13-8-7-9-14(12(3)4)16(13)23-15(28)10-27-17-18(24-20(27)22)25(5)21(30)26(6)19(17)29/h7-9,11-12H,10H2,1-6H3,(H,23,28). The fraction of sp³-hybridized carbons (Fsp3) is 0.429. The van der Waals surface area contributed by atoms with E-state index in [9.17, 15) is 14.4 Å². The van der Waals surface area contributed by atoms with Crippen molar-refractivity contribution >= 4 is 34.4 Å². The Kier molecular flexibility index (Phi) is 5.90. The molecule has 0 aliphatic heterocycles. The van der Waals surface area contributed by atoms with Gasteiger partial charge in [-0.15, -0.1) is 0 Å². The molecule has 0 saturated carbocycles. The van der Waals surface area contributed by atoms with Crippen molar-refractivity contribution in [1.29, 1.82) is 0 Å². The van der Waals surface area contributed by atoms with Crippen LogP contribution in [0.3, 0.4) is 0 Å². The highest BCUT2D eigenvalue weighted by Gasteiger charge is 2.21. The molecule has 1 aromatic carbocycles. The highest BCUT2D eigenvalue weighted by molar-refractivity contribution is 6.29. The van der Waals surface area contributed by atoms with Gasteiger partial charge in [0, 0.05) is 19.8 Å². The minimum absolute atomic E-state index is 0.0281. The average Bonchev–Trinajstić information content (AvgIpc) is 3.00. The number of amides is 1. The largest absolute Gasteiger partial charge is 0.332 e. The van der Waals surface area contributed by atoms with E-state index in [1.165, 1.54) is 23.2 Å². The molecular formula is C21H26ClN5O3. The fourth-order valence-corrected chi connectivity index (χ4v) is 3.81. The number of imidazole rings is 1. The number of hydrogen-bond acceptors (Lipinski definition) is 4. The number of rotatable bonds is 5. The van der Waals surface area contributed by atoms with Crippen LogP contribution in [0.5, 0.6) is 0 Å². The van der Waals surface area contributed by atoms with E-state index in [0.29, 0.717) is 0 Å². The van der Waals surface area contributed by atoms with Gasteiger partial charge in [0.25, 0.3) is 5.56 Å². The first kappa shape index (κ1) is 21.8. The molecule has 3 aromatic rings. The summed E-state index contributed by atoms with van der Waals surface area (Å²) in [6.45, 7) is 8.07. The summed E-state index contributed by atoms with van der Waals surface area (Å²) >= 11 is 6.24. The van der Waals surface area contributed by atoms with E-state index in [0.717, 1.165) is 21.4 Å². The second-order valence-electron chi connectivity index (χ2n) is 8.01. The van der Waals surface area contributed by atoms with Crippen molar-refractivity contribution in [3.8, 4) is 0 Å². The molecule has 0 bridgehead atoms. The van der Waals surface area contributed by atoms with Gasteiger partial charge in [0.1, 0.15) is 6.54 Å². The van der Waals surface area contributed by atoms with Crippen LogP contribution in [0.25, 0.3) is 11.2 Å². The summed E-state index contributed by atoms with van der Waals surface area (Å²) in [5, 5.41) is 2.98. The summed E-state index contributed by atoms with van der Waals surface area (Å²) < 4.78 is 3.54. The number of halogens is 1. The van der Waals surface area contributed by atoms with E-state index in [4.69, 9.17) is 11.6 Å². The molecular weight excluding hydrogens is 406 g/mol. The van der Waals surface area contributed by atoms with E-state index in [1.54, 1.807) is 0 Å². The second-order valence-corrected chi connectivity index (χ2v) is 8.35. The van der Waals surface area contributed by atoms with Gasteiger partial charge in [-0.05, 0) is 34.6 Å². The molecule has 8 nitrogen and oxygen atoms in total. The van der Waals surface area contributed by atoms with Gasteiger partial charge in [-0.2, -0.15) is 4.98 Å². The minimum atomic E-state index is -0.550. The summed E-state index contributed by atoms with van der Waals surface area (Å²) in [7, 11) is 2.88. The third kappa shape index (κ3) is 3.67. The maximum absolute atomic E-state index is 13.0. The highest BCUT2D eigenvalue weighted by atomic mass is 35.5. The molecule has 0 atom stereocenters. The Bertz CT molecular complexity index is 1220. The minimum Gasteiger partial charge on any atom is -0.324 e. The van der Waals surface area contributed by atoms with Crippen molar-refractivity contribution in [3.05, 3.63) is 55.4 Å². The zero-order chi connectivity index (χ0) is 22.3. The molecule has 1 amide bonds. The molecule has 0 fully saturated rings. The topological polar surface area (TPSA) is 90.9 Å². The first-order valence-corrected chi connectivity index (χ1v) is 10.2. The fourth-order valence-electron chi connectivity index (χ4n) is 3.58. The van der Waals surface area contributed by atoms with Gasteiger partial charge in [0.05, 0.1) is 0 Å². The molecule has 9 heteroatoms. The van der Waals surface area contributed by atoms with Crippen LogP contribution in [-0.2, 0) is 25.4 Å². The number of hydrogen-bond donors (Lipinski definition) is 1. The van der Waals surface area contributed by atoms with Gasteiger partial charge in [-0.25, -0.2) is 4.79 Å². The molecule has 0 unspecified atom stereocenters. The molecule has 0 saturated heterocycles. The van der Waals surface area contributed by atoms with Crippen molar-refractivity contribution < 1.29 is 4.79 Å². The van der Waals surface area contributed by atoms with Crippen LogP contribution in [0.2, 0.25) is 5.28 Å². The lowest BCUT2D eigenvalue weighted by atomic mass is 9.92. The summed E-state index contributed by atoms with van der Waals surface area (Å²) in [6.07, 6.45) is 0. The summed E-state index contributed by atoms with van der Waals surface area (Å²) in [4.78, 5) is 41.9. The molecule has 1 N–H and O–H groups in total. The van der Waals surface area contributed by atoms with E-state index in [1.807, 2.05) is 18.2 Å². The lowest BCUT2D eigenvalue weighted by molar-refractivity contribution is -0.116. The van der Waals surface area contributed by atoms with Crippen LogP contribution < -0.4 is 16.6 Å². The molecule has 0 aliphatic carbocycles. The lowest BCUT2D eigenvalue weighted by Crippen LogP contribution is -2.37. The van der Waals surface area contributed by atoms with Crippen LogP contribution in [-0.4, -0.2) is 24.6 Å². The number of nitrogens with zero attached hydrogens (tertiary/aromatic N) is 4. The molecule has 3 rings (SSSR count). The van der Waals surface area contributed by atoms with Crippen LogP contribution >= 0.6 is 11.6 Å². The van der Waals surface area contributed by atoms with Gasteiger partial charge in [0.15, 0.2) is 11.2 Å². The molecule has 0 spiro atoms. The molecule has 30 heavy (non-hydrogen) atoms. The number of aromatic nitrogens is 4. The smallest absolute Gasteiger partial charge is 0.324 e. The van der Waals surface area contributed by atoms with Crippen molar-refractivity contribution in [2.45, 2.75) is 46.1 Å². The zero-order valence-corrected chi connectivity index (χ0v) is 18.7. The Hall–Kier alpha value is -2.87. The lowest BCUT2D eigenvalue weighted by Gasteiger charge is -2.20. The summed E-state index contributed by atoms with van der Waals surface area (Å²) in [6, 6.07) is 5.99. The number of aryl methyl sites for hydroxylation is 1. The Balaban J connectivity index is 2.05. The normalized spacial score (nSPS) is 11.6. The first-order chi connectivity index (χ1) is 14.0. The SMILES string of the molecule is CC(C)c1cccc(C(C)C)c1NC(=O)Cn1c(Cl)nc2c1c(=O)n(C)c(=O)n2C. The maximum atomic E-state index is 13.0. The van der Waals surface area contributed by atoms with E-state index in [-0.39, 0.29) is 40.7 Å². The van der Waals surface area contributed by atoms with Crippen molar-refractivity contribution in [2.75, 3.05) is 5.32 Å². The zero-order valence-electron chi connectivity index (χ0n) is 18.0. The maximum Gasteiger partial charge on any atom is 0.332 e. The van der Waals surface area contributed by atoms with Gasteiger partial charge in [-0.1, -0.05) is 45.9 Å². The molecule has 2 heterocycles. The van der Waals surface area contributed by atoms with Crippen LogP contribution in [0.15, 0.2) is 27.8 Å². The van der Waals surface area contributed by atoms with Crippen molar-refractivity contribution in [2.24, 2.45) is 14.1 Å². The number of para-hydroxylation sites is 1. The Morgan fingerprint density at radius 1 is 1.07 bits per heavy atom. The third-order valence-corrected chi connectivity index (χ3v) is 5.53. The third-order valence-electron chi connectivity index (χ3n) is 5.24. The summed E-state index contributed by atoms with van der Waals surface area (Å²) in [5.74, 6) is 0.110. The van der Waals surface area contributed by atoms with E-state index >= 15 is 0 Å².